The minimum absolute atomic E-state index is 0.314. The Bertz CT molecular complexity index is 1150. The molecule has 1 aromatic heterocycles. The van der Waals surface area contributed by atoms with Crippen molar-refractivity contribution in [2.75, 3.05) is 0 Å². The summed E-state index contributed by atoms with van der Waals surface area (Å²) in [6, 6.07) is 24.6. The van der Waals surface area contributed by atoms with Gasteiger partial charge in [-0.05, 0) is 48.7 Å². The third kappa shape index (κ3) is 2.91. The largest absolute Gasteiger partial charge is 0.482 e. The van der Waals surface area contributed by atoms with E-state index in [4.69, 9.17) is 14.5 Å². The molecule has 0 bridgehead atoms. The normalized spacial score (nSPS) is 15.6. The predicted molar refractivity (Wildman–Crippen MR) is 106 cm³/mol. The van der Waals surface area contributed by atoms with Crippen molar-refractivity contribution < 1.29 is 14.3 Å². The van der Waals surface area contributed by atoms with Crippen LogP contribution in [0.5, 0.6) is 11.5 Å². The molecular weight excluding hydrogens is 352 g/mol. The Morgan fingerprint density at radius 3 is 2.61 bits per heavy atom. The molecule has 0 saturated carbocycles. The molecule has 0 aliphatic carbocycles. The van der Waals surface area contributed by atoms with E-state index in [1.165, 1.54) is 10.1 Å². The van der Waals surface area contributed by atoms with Crippen LogP contribution in [0.25, 0.3) is 11.0 Å². The van der Waals surface area contributed by atoms with E-state index >= 15 is 0 Å². The molecule has 1 unspecified atom stereocenters. The van der Waals surface area contributed by atoms with Crippen LogP contribution >= 0.6 is 0 Å². The van der Waals surface area contributed by atoms with Crippen molar-refractivity contribution in [3.05, 3.63) is 90.3 Å². The summed E-state index contributed by atoms with van der Waals surface area (Å²) < 4.78 is 13.3. The number of imidazole rings is 1. The number of rotatable bonds is 2. The van der Waals surface area contributed by atoms with Gasteiger partial charge in [-0.3, -0.25) is 0 Å². The van der Waals surface area contributed by atoms with E-state index in [9.17, 15) is 4.79 Å². The van der Waals surface area contributed by atoms with E-state index in [1.54, 1.807) is 12.1 Å². The zero-order chi connectivity index (χ0) is 18.9. The number of carbonyl (C=O) groups excluding carboxylic acids is 1. The lowest BCUT2D eigenvalue weighted by Gasteiger charge is -2.25. The van der Waals surface area contributed by atoms with Crippen LogP contribution in [-0.4, -0.2) is 15.6 Å². The summed E-state index contributed by atoms with van der Waals surface area (Å²) in [5.74, 6) is 1.90. The summed E-state index contributed by atoms with van der Waals surface area (Å²) in [6.07, 6.45) is 0.819. The molecule has 0 N–H and O–H groups in total. The lowest BCUT2D eigenvalue weighted by Crippen LogP contribution is -2.25. The number of benzene rings is 3. The van der Waals surface area contributed by atoms with Gasteiger partial charge >= 0.3 is 6.09 Å². The van der Waals surface area contributed by atoms with Gasteiger partial charge in [-0.15, -0.1) is 0 Å². The van der Waals surface area contributed by atoms with Crippen LogP contribution in [0.15, 0.2) is 78.9 Å². The minimum atomic E-state index is -0.489. The maximum absolute atomic E-state index is 13.0. The van der Waals surface area contributed by atoms with E-state index < -0.39 is 6.09 Å². The van der Waals surface area contributed by atoms with Gasteiger partial charge < -0.3 is 9.47 Å². The number of carbonyl (C=O) groups is 1. The number of ether oxygens (including phenoxy) is 2. The molecule has 1 aliphatic heterocycles. The SMILES string of the molecule is O=C(Oc1ccccc1)n1c(C2CCc3ccccc3O2)nc2ccccc21. The van der Waals surface area contributed by atoms with Crippen molar-refractivity contribution in [1.29, 1.82) is 0 Å². The monoisotopic (exact) mass is 370 g/mol. The summed E-state index contributed by atoms with van der Waals surface area (Å²) in [5, 5.41) is 0. The molecule has 0 fully saturated rings. The minimum Gasteiger partial charge on any atom is -0.482 e. The average Bonchev–Trinajstić information content (AvgIpc) is 3.14. The highest BCUT2D eigenvalue weighted by atomic mass is 16.6. The fourth-order valence-electron chi connectivity index (χ4n) is 3.59. The third-order valence-corrected chi connectivity index (χ3v) is 4.92. The van der Waals surface area contributed by atoms with Crippen molar-refractivity contribution in [3.63, 3.8) is 0 Å². The van der Waals surface area contributed by atoms with Gasteiger partial charge in [0.2, 0.25) is 0 Å². The number of aromatic nitrogens is 2. The standard InChI is InChI=1S/C23H18N2O3/c26-23(27-17-9-2-1-3-10-17)25-19-12-6-5-11-18(19)24-22(25)21-15-14-16-8-4-7-13-20(16)28-21/h1-13,21H,14-15H2. The second kappa shape index (κ2) is 6.85. The third-order valence-electron chi connectivity index (χ3n) is 4.92. The van der Waals surface area contributed by atoms with Crippen molar-refractivity contribution in [3.8, 4) is 11.5 Å². The van der Waals surface area contributed by atoms with Crippen molar-refractivity contribution in [2.45, 2.75) is 18.9 Å². The van der Waals surface area contributed by atoms with E-state index in [-0.39, 0.29) is 6.10 Å². The van der Waals surface area contributed by atoms with Crippen LogP contribution in [0, 0.1) is 0 Å². The lowest BCUT2D eigenvalue weighted by atomic mass is 10.0. The molecule has 0 radical (unpaired) electrons. The van der Waals surface area contributed by atoms with Gasteiger partial charge in [0.25, 0.3) is 0 Å². The van der Waals surface area contributed by atoms with Crippen LogP contribution in [0.4, 0.5) is 4.79 Å². The summed E-state index contributed by atoms with van der Waals surface area (Å²) in [6.45, 7) is 0. The Morgan fingerprint density at radius 1 is 0.964 bits per heavy atom. The van der Waals surface area contributed by atoms with Gasteiger partial charge in [0.1, 0.15) is 11.5 Å². The molecule has 1 aliphatic rings. The Kier molecular flexibility index (Phi) is 4.05. The second-order valence-corrected chi connectivity index (χ2v) is 6.73. The van der Waals surface area contributed by atoms with E-state index in [0.29, 0.717) is 17.1 Å². The average molecular weight is 370 g/mol. The quantitative estimate of drug-likeness (QED) is 0.490. The van der Waals surface area contributed by atoms with Gasteiger partial charge in [0.05, 0.1) is 11.0 Å². The molecule has 4 aromatic rings. The fourth-order valence-corrected chi connectivity index (χ4v) is 3.59. The Labute approximate surface area is 162 Å². The molecule has 0 spiro atoms. The molecule has 5 heteroatoms. The van der Waals surface area contributed by atoms with Crippen molar-refractivity contribution in [2.24, 2.45) is 0 Å². The molecule has 0 saturated heterocycles. The Morgan fingerprint density at radius 2 is 1.71 bits per heavy atom. The van der Waals surface area contributed by atoms with Crippen LogP contribution in [0.2, 0.25) is 0 Å². The van der Waals surface area contributed by atoms with Crippen LogP contribution < -0.4 is 9.47 Å². The first kappa shape index (κ1) is 16.6. The number of aryl methyl sites for hydroxylation is 1. The molecule has 5 nitrogen and oxygen atoms in total. The predicted octanol–water partition coefficient (Wildman–Crippen LogP) is 5.15. The molecule has 138 valence electrons. The summed E-state index contributed by atoms with van der Waals surface area (Å²) in [7, 11) is 0. The van der Waals surface area contributed by atoms with E-state index in [2.05, 4.69) is 6.07 Å². The molecule has 0 amide bonds. The van der Waals surface area contributed by atoms with E-state index in [1.807, 2.05) is 60.7 Å². The first-order chi connectivity index (χ1) is 13.8. The highest BCUT2D eigenvalue weighted by Gasteiger charge is 2.29. The molecule has 2 heterocycles. The number of nitrogens with zero attached hydrogens (tertiary/aromatic N) is 2. The number of hydrogen-bond acceptors (Lipinski definition) is 4. The molecule has 28 heavy (non-hydrogen) atoms. The van der Waals surface area contributed by atoms with Crippen molar-refractivity contribution >= 4 is 17.1 Å². The summed E-state index contributed by atoms with van der Waals surface area (Å²) >= 11 is 0. The summed E-state index contributed by atoms with van der Waals surface area (Å²) in [4.78, 5) is 17.8. The second-order valence-electron chi connectivity index (χ2n) is 6.73. The van der Waals surface area contributed by atoms with Crippen molar-refractivity contribution in [1.82, 2.24) is 9.55 Å². The number of hydrogen-bond donors (Lipinski definition) is 0. The van der Waals surface area contributed by atoms with Crippen LogP contribution in [-0.2, 0) is 6.42 Å². The van der Waals surface area contributed by atoms with Gasteiger partial charge in [-0.1, -0.05) is 48.5 Å². The number of para-hydroxylation sites is 4. The first-order valence-electron chi connectivity index (χ1n) is 9.29. The lowest BCUT2D eigenvalue weighted by molar-refractivity contribution is 0.159. The highest BCUT2D eigenvalue weighted by molar-refractivity contribution is 5.88. The fraction of sp³-hybridized carbons (Fsp3) is 0.130. The van der Waals surface area contributed by atoms with Gasteiger partial charge in [0, 0.05) is 0 Å². The molecule has 3 aromatic carbocycles. The van der Waals surface area contributed by atoms with Gasteiger partial charge in [-0.2, -0.15) is 0 Å². The highest BCUT2D eigenvalue weighted by Crippen LogP contribution is 2.35. The van der Waals surface area contributed by atoms with Crippen LogP contribution in [0.3, 0.4) is 0 Å². The maximum Gasteiger partial charge on any atom is 0.425 e. The first-order valence-corrected chi connectivity index (χ1v) is 9.29. The Balaban J connectivity index is 1.56. The molecule has 5 rings (SSSR count). The molecular formula is C23H18N2O3. The topological polar surface area (TPSA) is 53.4 Å². The van der Waals surface area contributed by atoms with Crippen LogP contribution in [0.1, 0.15) is 23.9 Å². The Hall–Kier alpha value is -3.60. The van der Waals surface area contributed by atoms with Gasteiger partial charge in [-0.25, -0.2) is 14.3 Å². The summed E-state index contributed by atoms with van der Waals surface area (Å²) in [5.41, 5.74) is 2.62. The molecule has 1 atom stereocenters. The maximum atomic E-state index is 13.0. The zero-order valence-electron chi connectivity index (χ0n) is 15.1. The number of fused-ring (bicyclic) bond motifs is 2. The smallest absolute Gasteiger partial charge is 0.425 e. The van der Waals surface area contributed by atoms with Gasteiger partial charge in [0.15, 0.2) is 11.9 Å². The zero-order valence-corrected chi connectivity index (χ0v) is 15.1. The van der Waals surface area contributed by atoms with E-state index in [0.717, 1.165) is 24.1 Å².